The van der Waals surface area contributed by atoms with Crippen LogP contribution in [0.3, 0.4) is 0 Å². The molecule has 5 heteroatoms. The van der Waals surface area contributed by atoms with Gasteiger partial charge in [0.25, 0.3) is 0 Å². The molecule has 0 aromatic rings. The Kier molecular flexibility index (Phi) is 6.98. The molecule has 178 valence electrons. The van der Waals surface area contributed by atoms with Crippen molar-refractivity contribution in [1.29, 1.82) is 0 Å². The molecule has 0 aromatic carbocycles. The van der Waals surface area contributed by atoms with Gasteiger partial charge in [-0.15, -0.1) is 0 Å². The summed E-state index contributed by atoms with van der Waals surface area (Å²) in [6.45, 7) is 4.97. The summed E-state index contributed by atoms with van der Waals surface area (Å²) < 4.78 is 32.3. The third kappa shape index (κ3) is 4.73. The highest BCUT2D eigenvalue weighted by atomic mass is 16.8. The Morgan fingerprint density at radius 2 is 1.65 bits per heavy atom. The zero-order valence-electron chi connectivity index (χ0n) is 19.8. The predicted molar refractivity (Wildman–Crippen MR) is 118 cm³/mol. The Morgan fingerprint density at radius 1 is 0.903 bits per heavy atom. The summed E-state index contributed by atoms with van der Waals surface area (Å²) in [5, 5.41) is 0. The minimum absolute atomic E-state index is 0.0643. The molecular weight excluding hydrogens is 392 g/mol. The van der Waals surface area contributed by atoms with Crippen molar-refractivity contribution in [3.05, 3.63) is 0 Å². The van der Waals surface area contributed by atoms with E-state index in [1.54, 1.807) is 0 Å². The summed E-state index contributed by atoms with van der Waals surface area (Å²) in [7, 11) is 0. The molecule has 2 spiro atoms. The van der Waals surface area contributed by atoms with Crippen LogP contribution < -0.4 is 0 Å². The van der Waals surface area contributed by atoms with Gasteiger partial charge in [-0.05, 0) is 69.6 Å². The van der Waals surface area contributed by atoms with Crippen LogP contribution in [0.1, 0.15) is 110 Å². The van der Waals surface area contributed by atoms with Gasteiger partial charge in [0.1, 0.15) is 12.2 Å². The lowest BCUT2D eigenvalue weighted by Gasteiger charge is -2.37. The Hall–Kier alpha value is -0.200. The van der Waals surface area contributed by atoms with Gasteiger partial charge in [0.15, 0.2) is 18.4 Å². The van der Waals surface area contributed by atoms with Gasteiger partial charge in [-0.25, -0.2) is 0 Å². The fourth-order valence-corrected chi connectivity index (χ4v) is 7.16. The van der Waals surface area contributed by atoms with E-state index in [2.05, 4.69) is 6.92 Å². The molecule has 3 aliphatic carbocycles. The van der Waals surface area contributed by atoms with Gasteiger partial charge in [0.2, 0.25) is 0 Å². The van der Waals surface area contributed by atoms with Gasteiger partial charge in [0.05, 0.1) is 6.10 Å². The first-order valence-electron chi connectivity index (χ1n) is 13.4. The van der Waals surface area contributed by atoms with Crippen molar-refractivity contribution in [2.75, 3.05) is 6.61 Å². The summed E-state index contributed by atoms with van der Waals surface area (Å²) >= 11 is 0. The third-order valence-corrected chi connectivity index (χ3v) is 8.82. The number of unbranched alkanes of at least 4 members (excludes halogenated alkanes) is 1. The van der Waals surface area contributed by atoms with Gasteiger partial charge >= 0.3 is 0 Å². The van der Waals surface area contributed by atoms with Gasteiger partial charge in [-0.2, -0.15) is 0 Å². The number of rotatable bonds is 7. The van der Waals surface area contributed by atoms with E-state index in [-0.39, 0.29) is 30.9 Å². The molecule has 2 aliphatic heterocycles. The van der Waals surface area contributed by atoms with E-state index in [0.717, 1.165) is 32.3 Å². The molecule has 0 amide bonds. The fourth-order valence-electron chi connectivity index (χ4n) is 7.16. The normalized spacial score (nSPS) is 39.9. The lowest BCUT2D eigenvalue weighted by Crippen LogP contribution is -2.44. The first-order valence-corrected chi connectivity index (χ1v) is 13.4. The van der Waals surface area contributed by atoms with Crippen molar-refractivity contribution < 1.29 is 23.7 Å². The zero-order valence-corrected chi connectivity index (χ0v) is 19.8. The first kappa shape index (κ1) is 22.6. The minimum atomic E-state index is -0.438. The van der Waals surface area contributed by atoms with Crippen LogP contribution in [0.2, 0.25) is 0 Å². The molecule has 5 aliphatic rings. The second-order valence-electron chi connectivity index (χ2n) is 11.1. The van der Waals surface area contributed by atoms with Crippen molar-refractivity contribution in [1.82, 2.24) is 0 Å². The summed E-state index contributed by atoms with van der Waals surface area (Å²) in [6, 6.07) is 0. The van der Waals surface area contributed by atoms with Crippen LogP contribution in [0.5, 0.6) is 0 Å². The van der Waals surface area contributed by atoms with Gasteiger partial charge in [-0.3, -0.25) is 0 Å². The average molecular weight is 437 g/mol. The van der Waals surface area contributed by atoms with Crippen LogP contribution in [0.25, 0.3) is 0 Å². The standard InChI is InChI=1S/C26H44O5/c1-3-4-17-27-19(2)28-22-21(20-11-16-25(18-20)12-7-5-8-13-25)29-24-23(22)30-26(31-24)14-9-6-10-15-26/h19-24H,3-18H2,1-2H3/t19?,20?,21-,22+,23-,24-/m1/s1. The van der Waals surface area contributed by atoms with Crippen LogP contribution in [0.4, 0.5) is 0 Å². The van der Waals surface area contributed by atoms with Crippen molar-refractivity contribution >= 4 is 0 Å². The molecule has 0 aromatic heterocycles. The van der Waals surface area contributed by atoms with Crippen LogP contribution in [-0.4, -0.2) is 43.3 Å². The van der Waals surface area contributed by atoms with E-state index in [4.69, 9.17) is 23.7 Å². The molecule has 6 atom stereocenters. The summed E-state index contributed by atoms with van der Waals surface area (Å²) in [4.78, 5) is 0. The molecule has 2 saturated heterocycles. The Balaban J connectivity index is 1.28. The van der Waals surface area contributed by atoms with Crippen LogP contribution in [0, 0.1) is 11.3 Å². The largest absolute Gasteiger partial charge is 0.353 e. The zero-order chi connectivity index (χ0) is 21.3. The second kappa shape index (κ2) is 9.58. The Bertz CT molecular complexity index is 582. The Labute approximate surface area is 188 Å². The van der Waals surface area contributed by atoms with Crippen LogP contribution in [-0.2, 0) is 23.7 Å². The number of fused-ring (bicyclic) bond motifs is 1. The molecule has 3 saturated carbocycles. The van der Waals surface area contributed by atoms with Gasteiger partial charge in [0, 0.05) is 19.4 Å². The van der Waals surface area contributed by atoms with Gasteiger partial charge < -0.3 is 23.7 Å². The topological polar surface area (TPSA) is 46.2 Å². The van der Waals surface area contributed by atoms with E-state index in [0.29, 0.717) is 11.3 Å². The molecule has 0 radical (unpaired) electrons. The molecule has 5 rings (SSSR count). The van der Waals surface area contributed by atoms with Crippen molar-refractivity contribution in [3.63, 3.8) is 0 Å². The van der Waals surface area contributed by atoms with E-state index >= 15 is 0 Å². The summed E-state index contributed by atoms with van der Waals surface area (Å²) in [5.41, 5.74) is 0.560. The SMILES string of the molecule is CCCCOC(C)O[C@@H]1[C@H]2OC3(CCCCC3)O[C@H]2O[C@@H]1C1CCC2(CCCCC2)C1. The average Bonchev–Trinajstić information content (AvgIpc) is 3.42. The monoisotopic (exact) mass is 436 g/mol. The van der Waals surface area contributed by atoms with Crippen molar-refractivity contribution in [2.45, 2.75) is 147 Å². The molecule has 0 bridgehead atoms. The second-order valence-corrected chi connectivity index (χ2v) is 11.1. The molecule has 5 nitrogen and oxygen atoms in total. The van der Waals surface area contributed by atoms with Crippen molar-refractivity contribution in [3.8, 4) is 0 Å². The molecule has 2 heterocycles. The van der Waals surface area contributed by atoms with Crippen molar-refractivity contribution in [2.24, 2.45) is 11.3 Å². The lowest BCUT2D eigenvalue weighted by molar-refractivity contribution is -0.265. The number of hydrogen-bond acceptors (Lipinski definition) is 5. The van der Waals surface area contributed by atoms with Crippen LogP contribution >= 0.6 is 0 Å². The molecule has 31 heavy (non-hydrogen) atoms. The summed E-state index contributed by atoms with van der Waals surface area (Å²) in [5.74, 6) is 0.110. The third-order valence-electron chi connectivity index (χ3n) is 8.82. The highest BCUT2D eigenvalue weighted by Gasteiger charge is 2.61. The summed E-state index contributed by atoms with van der Waals surface area (Å²) in [6.07, 6.45) is 18.1. The number of hydrogen-bond donors (Lipinski definition) is 0. The smallest absolute Gasteiger partial charge is 0.190 e. The maximum absolute atomic E-state index is 6.65. The van der Waals surface area contributed by atoms with Crippen LogP contribution in [0.15, 0.2) is 0 Å². The fraction of sp³-hybridized carbons (Fsp3) is 1.00. The molecule has 0 N–H and O–H groups in total. The van der Waals surface area contributed by atoms with E-state index in [9.17, 15) is 0 Å². The lowest BCUT2D eigenvalue weighted by atomic mass is 9.72. The quantitative estimate of drug-likeness (QED) is 0.357. The number of ether oxygens (including phenoxy) is 5. The molecule has 5 fully saturated rings. The van der Waals surface area contributed by atoms with Gasteiger partial charge in [-0.1, -0.05) is 39.0 Å². The molecule has 2 unspecified atom stereocenters. The van der Waals surface area contributed by atoms with E-state index < -0.39 is 5.79 Å². The predicted octanol–water partition coefficient (Wildman–Crippen LogP) is 6.09. The highest BCUT2D eigenvalue weighted by Crippen LogP contribution is 2.55. The maximum Gasteiger partial charge on any atom is 0.190 e. The highest BCUT2D eigenvalue weighted by molar-refractivity contribution is 5.02. The Morgan fingerprint density at radius 3 is 2.39 bits per heavy atom. The maximum atomic E-state index is 6.65. The minimum Gasteiger partial charge on any atom is -0.353 e. The van der Waals surface area contributed by atoms with E-state index in [1.165, 1.54) is 70.6 Å². The molecular formula is C26H44O5. The van der Waals surface area contributed by atoms with E-state index in [1.807, 2.05) is 6.92 Å². The first-order chi connectivity index (χ1) is 15.1.